The second-order valence-electron chi connectivity index (χ2n) is 8.95. The van der Waals surface area contributed by atoms with Crippen LogP contribution >= 0.6 is 0 Å². The van der Waals surface area contributed by atoms with E-state index in [4.69, 9.17) is 4.74 Å². The molecule has 2 unspecified atom stereocenters. The molecule has 0 fully saturated rings. The van der Waals surface area contributed by atoms with Crippen LogP contribution in [0.1, 0.15) is 13.8 Å². The van der Waals surface area contributed by atoms with Gasteiger partial charge in [-0.15, -0.1) is 4.36 Å². The molecule has 5 N–H and O–H groups in total. The predicted molar refractivity (Wildman–Crippen MR) is 164 cm³/mol. The summed E-state index contributed by atoms with van der Waals surface area (Å²) in [5.41, 5.74) is 3.39. The number of urea groups is 1. The maximum atomic E-state index is 12.3. The number of amides is 3. The van der Waals surface area contributed by atoms with Gasteiger partial charge in [0.05, 0.1) is 23.8 Å². The quantitative estimate of drug-likeness (QED) is 0.131. The third kappa shape index (κ3) is 8.49. The number of hydrogen-bond acceptors (Lipinski definition) is 9. The first-order chi connectivity index (χ1) is 20.3. The Hall–Kier alpha value is -5.01. The SMILES string of the molecule is CCOC(=O)/N=[SH](=O)/c1ccc(Nc2ncc(-c3ccc(NC(=O)Nc4ccccc4)cc3)c(NC(C)CO)n2)cc1. The summed E-state index contributed by atoms with van der Waals surface area (Å²) in [4.78, 5) is 33.2. The van der Waals surface area contributed by atoms with Crippen molar-refractivity contribution in [3.8, 4) is 11.1 Å². The van der Waals surface area contributed by atoms with E-state index in [1.807, 2.05) is 37.3 Å². The molecule has 0 radical (unpaired) electrons. The summed E-state index contributed by atoms with van der Waals surface area (Å²) in [5.74, 6) is 0.778. The Kier molecular flexibility index (Phi) is 10.4. The maximum Gasteiger partial charge on any atom is 0.441 e. The van der Waals surface area contributed by atoms with Crippen molar-refractivity contribution in [2.24, 2.45) is 4.36 Å². The molecule has 0 aliphatic carbocycles. The van der Waals surface area contributed by atoms with Crippen molar-refractivity contribution in [1.82, 2.24) is 9.97 Å². The predicted octanol–water partition coefficient (Wildman–Crippen LogP) is 5.50. The zero-order valence-electron chi connectivity index (χ0n) is 22.9. The maximum absolute atomic E-state index is 12.3. The second kappa shape index (κ2) is 14.6. The van der Waals surface area contributed by atoms with E-state index in [9.17, 15) is 18.9 Å². The van der Waals surface area contributed by atoms with E-state index in [0.717, 1.165) is 5.56 Å². The Morgan fingerprint density at radius 2 is 1.60 bits per heavy atom. The van der Waals surface area contributed by atoms with Crippen LogP contribution in [0, 0.1) is 0 Å². The second-order valence-corrected chi connectivity index (χ2v) is 10.2. The summed E-state index contributed by atoms with van der Waals surface area (Å²) < 4.78 is 20.5. The van der Waals surface area contributed by atoms with Crippen LogP contribution in [0.15, 0.2) is 94.3 Å². The lowest BCUT2D eigenvalue weighted by Crippen LogP contribution is -2.21. The molecule has 0 bridgehead atoms. The smallest absolute Gasteiger partial charge is 0.441 e. The normalized spacial score (nSPS) is 12.2. The molecule has 0 saturated carbocycles. The number of carbonyl (C=O) groups is 2. The van der Waals surface area contributed by atoms with Gasteiger partial charge in [0.1, 0.15) is 5.82 Å². The van der Waals surface area contributed by atoms with Gasteiger partial charge in [0.25, 0.3) is 0 Å². The molecular formula is C29H31N7O5S. The fourth-order valence-electron chi connectivity index (χ4n) is 3.68. The fourth-order valence-corrected chi connectivity index (χ4v) is 4.40. The van der Waals surface area contributed by atoms with Gasteiger partial charge in [-0.1, -0.05) is 30.3 Å². The highest BCUT2D eigenvalue weighted by Crippen LogP contribution is 2.29. The van der Waals surface area contributed by atoms with E-state index >= 15 is 0 Å². The Balaban J connectivity index is 1.49. The highest BCUT2D eigenvalue weighted by Gasteiger charge is 2.13. The molecule has 42 heavy (non-hydrogen) atoms. The van der Waals surface area contributed by atoms with Crippen molar-refractivity contribution in [3.63, 3.8) is 0 Å². The number of aliphatic hydroxyl groups excluding tert-OH is 1. The molecule has 0 spiro atoms. The van der Waals surface area contributed by atoms with Crippen molar-refractivity contribution < 1.29 is 23.6 Å². The lowest BCUT2D eigenvalue weighted by atomic mass is 10.1. The van der Waals surface area contributed by atoms with Crippen LogP contribution in [0.3, 0.4) is 0 Å². The number of aromatic nitrogens is 2. The zero-order valence-corrected chi connectivity index (χ0v) is 23.8. The molecular weight excluding hydrogens is 558 g/mol. The number of ether oxygens (including phenoxy) is 1. The molecule has 4 rings (SSSR count). The average molecular weight is 590 g/mol. The molecule has 12 nitrogen and oxygen atoms in total. The number of rotatable bonds is 10. The van der Waals surface area contributed by atoms with Gasteiger partial charge in [0, 0.05) is 39.8 Å². The van der Waals surface area contributed by atoms with Crippen LogP contribution in [0.4, 0.5) is 38.4 Å². The molecule has 13 heteroatoms. The van der Waals surface area contributed by atoms with Gasteiger partial charge in [-0.3, -0.25) is 0 Å². The highest BCUT2D eigenvalue weighted by molar-refractivity contribution is 7.75. The van der Waals surface area contributed by atoms with E-state index in [1.54, 1.807) is 61.7 Å². The summed E-state index contributed by atoms with van der Waals surface area (Å²) in [7, 11) is -2.28. The monoisotopic (exact) mass is 589 g/mol. The molecule has 2 atom stereocenters. The summed E-state index contributed by atoms with van der Waals surface area (Å²) in [5, 5.41) is 21.5. The number of anilines is 5. The fraction of sp³-hybridized carbons (Fsp3) is 0.172. The average Bonchev–Trinajstić information content (AvgIpc) is 2.98. The first-order valence-corrected chi connectivity index (χ1v) is 14.3. The third-order valence-electron chi connectivity index (χ3n) is 5.72. The highest BCUT2D eigenvalue weighted by atomic mass is 32.2. The molecule has 0 aliphatic heterocycles. The number of nitrogens with zero attached hydrogens (tertiary/aromatic N) is 3. The van der Waals surface area contributed by atoms with Crippen molar-refractivity contribution in [2.45, 2.75) is 24.8 Å². The van der Waals surface area contributed by atoms with Crippen LogP contribution in [0.25, 0.3) is 11.1 Å². The minimum absolute atomic E-state index is 0.109. The van der Waals surface area contributed by atoms with Gasteiger partial charge in [0.2, 0.25) is 5.95 Å². The van der Waals surface area contributed by atoms with Crippen LogP contribution < -0.4 is 21.3 Å². The molecule has 218 valence electrons. The van der Waals surface area contributed by atoms with Crippen molar-refractivity contribution in [2.75, 3.05) is 34.5 Å². The van der Waals surface area contributed by atoms with Crippen LogP contribution in [-0.2, 0) is 15.3 Å². The Labute approximate surface area is 244 Å². The standard InChI is InChI=1S/C29H31N7O5S/c1-3-41-29(39)36-42(40)24-15-13-22(14-16-24)32-27-30-17-25(26(35-27)31-19(2)18-37)20-9-11-23(12-10-20)34-28(38)33-21-7-5-4-6-8-21/h4-17,19,37,42H,3,18H2,1-2H3,(H2,33,34,38)(H2,30,31,32,35). The minimum Gasteiger partial charge on any atom is -0.448 e. The third-order valence-corrected chi connectivity index (χ3v) is 6.80. The van der Waals surface area contributed by atoms with E-state index < -0.39 is 16.7 Å². The number of aliphatic hydroxyl groups is 1. The van der Waals surface area contributed by atoms with Gasteiger partial charge in [-0.2, -0.15) is 4.98 Å². The lowest BCUT2D eigenvalue weighted by Gasteiger charge is -2.17. The zero-order chi connectivity index (χ0) is 29.9. The summed E-state index contributed by atoms with van der Waals surface area (Å²) in [6, 6.07) is 22.2. The summed E-state index contributed by atoms with van der Waals surface area (Å²) in [6.45, 7) is 3.50. The number of benzene rings is 3. The number of thiol groups is 1. The van der Waals surface area contributed by atoms with E-state index in [-0.39, 0.29) is 31.2 Å². The number of para-hydroxylation sites is 1. The Bertz CT molecular complexity index is 1590. The van der Waals surface area contributed by atoms with Gasteiger partial charge in [-0.05, 0) is 67.9 Å². The summed E-state index contributed by atoms with van der Waals surface area (Å²) in [6.07, 6.45) is 0.779. The Morgan fingerprint density at radius 1 is 0.952 bits per heavy atom. The summed E-state index contributed by atoms with van der Waals surface area (Å²) >= 11 is 0. The number of hydrogen-bond donors (Lipinski definition) is 6. The van der Waals surface area contributed by atoms with Gasteiger partial charge in [-0.25, -0.2) is 18.8 Å². The largest absolute Gasteiger partial charge is 0.448 e. The molecule has 1 heterocycles. The van der Waals surface area contributed by atoms with Crippen LogP contribution in [-0.4, -0.2) is 50.7 Å². The first-order valence-electron chi connectivity index (χ1n) is 13.0. The van der Waals surface area contributed by atoms with E-state index in [0.29, 0.717) is 33.3 Å². The van der Waals surface area contributed by atoms with Gasteiger partial charge in [0.15, 0.2) is 0 Å². The number of nitrogens with one attached hydrogen (secondary N) is 4. The lowest BCUT2D eigenvalue weighted by molar-refractivity contribution is 0.164. The topological polar surface area (TPSA) is 167 Å². The number of carbonyl (C=O) groups excluding carboxylic acids is 2. The van der Waals surface area contributed by atoms with E-state index in [1.165, 1.54) is 0 Å². The molecule has 0 aliphatic rings. The van der Waals surface area contributed by atoms with Crippen LogP contribution in [0.5, 0.6) is 0 Å². The molecule has 1 aromatic heterocycles. The van der Waals surface area contributed by atoms with Gasteiger partial charge < -0.3 is 31.1 Å². The van der Waals surface area contributed by atoms with Crippen molar-refractivity contribution >= 4 is 51.5 Å². The van der Waals surface area contributed by atoms with E-state index in [2.05, 4.69) is 35.6 Å². The van der Waals surface area contributed by atoms with Crippen LogP contribution in [0.2, 0.25) is 0 Å². The Morgan fingerprint density at radius 3 is 2.24 bits per heavy atom. The first kappa shape index (κ1) is 30.0. The molecule has 4 aromatic rings. The minimum atomic E-state index is -2.28. The molecule has 3 amide bonds. The van der Waals surface area contributed by atoms with Crippen molar-refractivity contribution in [3.05, 3.63) is 85.1 Å². The molecule has 0 saturated heterocycles. The molecule has 3 aromatic carbocycles. The van der Waals surface area contributed by atoms with Crippen molar-refractivity contribution in [1.29, 1.82) is 0 Å². The van der Waals surface area contributed by atoms with Gasteiger partial charge >= 0.3 is 12.1 Å².